The van der Waals surface area contributed by atoms with Crippen molar-refractivity contribution in [3.05, 3.63) is 57.7 Å². The smallest absolute Gasteiger partial charge is 0.270 e. The molecule has 2 aromatic rings. The second-order valence-corrected chi connectivity index (χ2v) is 8.31. The topological polar surface area (TPSA) is 38.8 Å². The molecular weight excluding hydrogens is 433 g/mol. The molecule has 152 valence electrons. The van der Waals surface area contributed by atoms with Gasteiger partial charge in [-0.15, -0.1) is 0 Å². The van der Waals surface area contributed by atoms with E-state index < -0.39 is 5.82 Å². The molecule has 1 heterocycles. The van der Waals surface area contributed by atoms with E-state index in [1.54, 1.807) is 13.2 Å². The molecule has 2 aromatic carbocycles. The monoisotopic (exact) mass is 451 g/mol. The molecule has 0 atom stereocenters. The summed E-state index contributed by atoms with van der Waals surface area (Å²) in [4.78, 5) is 14.7. The summed E-state index contributed by atoms with van der Waals surface area (Å²) in [5, 5.41) is -0.0658. The number of hydrogen-bond donors (Lipinski definition) is 0. The van der Waals surface area contributed by atoms with Gasteiger partial charge in [-0.05, 0) is 48.4 Å². The van der Waals surface area contributed by atoms with E-state index in [1.165, 1.54) is 34.9 Å². The average molecular weight is 452 g/mol. The molecule has 0 radical (unpaired) electrons. The predicted octanol–water partition coefficient (Wildman–Crippen LogP) is 6.07. The van der Waals surface area contributed by atoms with Crippen molar-refractivity contribution in [2.45, 2.75) is 19.8 Å². The largest absolute Gasteiger partial charge is 0.493 e. The summed E-state index contributed by atoms with van der Waals surface area (Å²) in [6, 6.07) is 9.55. The Morgan fingerprint density at radius 2 is 2.03 bits per heavy atom. The zero-order valence-corrected chi connectivity index (χ0v) is 18.3. The second kappa shape index (κ2) is 9.61. The number of halogens is 2. The molecule has 4 nitrogen and oxygen atoms in total. The first-order valence-electron chi connectivity index (χ1n) is 8.98. The van der Waals surface area contributed by atoms with Crippen LogP contribution in [0.5, 0.6) is 11.5 Å². The van der Waals surface area contributed by atoms with Crippen molar-refractivity contribution >= 4 is 57.6 Å². The minimum atomic E-state index is -0.551. The Balaban J connectivity index is 1.84. The van der Waals surface area contributed by atoms with E-state index in [-0.39, 0.29) is 10.9 Å². The lowest BCUT2D eigenvalue weighted by molar-refractivity contribution is -0.113. The number of rotatable bonds is 7. The van der Waals surface area contributed by atoms with Gasteiger partial charge in [0.05, 0.1) is 29.3 Å². The number of thioether (sulfide) groups is 1. The number of methoxy groups -OCH3 is 1. The standard InChI is InChI=1S/C21H19ClFNO3S2/c1-3-4-9-27-17-8-5-13(10-18(17)26-2)11-19-20(25)24(21(28)29-19)14-6-7-16(23)15(22)12-14/h5-8,10-12H,3-4,9H2,1-2H3/b19-11+. The molecule has 0 spiro atoms. The van der Waals surface area contributed by atoms with E-state index in [4.69, 9.17) is 33.3 Å². The van der Waals surface area contributed by atoms with Crippen LogP contribution in [0, 0.1) is 5.82 Å². The van der Waals surface area contributed by atoms with E-state index in [0.717, 1.165) is 18.4 Å². The molecule has 8 heteroatoms. The van der Waals surface area contributed by atoms with Crippen LogP contribution >= 0.6 is 35.6 Å². The highest BCUT2D eigenvalue weighted by molar-refractivity contribution is 8.27. The first kappa shape index (κ1) is 21.6. The molecule has 29 heavy (non-hydrogen) atoms. The normalized spacial score (nSPS) is 15.3. The number of amides is 1. The van der Waals surface area contributed by atoms with Crippen LogP contribution in [0.3, 0.4) is 0 Å². The van der Waals surface area contributed by atoms with Gasteiger partial charge in [-0.25, -0.2) is 4.39 Å². The van der Waals surface area contributed by atoms with Gasteiger partial charge in [-0.3, -0.25) is 9.69 Å². The van der Waals surface area contributed by atoms with Crippen LogP contribution in [0.2, 0.25) is 5.02 Å². The summed E-state index contributed by atoms with van der Waals surface area (Å²) >= 11 is 12.4. The van der Waals surface area contributed by atoms with Crippen LogP contribution in [0.4, 0.5) is 10.1 Å². The van der Waals surface area contributed by atoms with Crippen molar-refractivity contribution in [1.29, 1.82) is 0 Å². The summed E-state index contributed by atoms with van der Waals surface area (Å²) in [7, 11) is 1.57. The average Bonchev–Trinajstić information content (AvgIpc) is 2.98. The Morgan fingerprint density at radius 3 is 2.72 bits per heavy atom. The molecule has 1 aliphatic rings. The molecule has 0 aliphatic carbocycles. The van der Waals surface area contributed by atoms with Gasteiger partial charge in [-0.1, -0.05) is 55.0 Å². The van der Waals surface area contributed by atoms with Gasteiger partial charge in [-0.2, -0.15) is 0 Å². The summed E-state index contributed by atoms with van der Waals surface area (Å²) in [6.45, 7) is 2.71. The Bertz CT molecular complexity index is 980. The maximum atomic E-state index is 13.4. The zero-order chi connectivity index (χ0) is 21.0. The Labute approximate surface area is 183 Å². The van der Waals surface area contributed by atoms with Crippen LogP contribution in [0.1, 0.15) is 25.3 Å². The SMILES string of the molecule is CCCCOc1ccc(/C=C2/SC(=S)N(c3ccc(F)c(Cl)c3)C2=O)cc1OC. The van der Waals surface area contributed by atoms with E-state index in [2.05, 4.69) is 6.92 Å². The van der Waals surface area contributed by atoms with Crippen molar-refractivity contribution in [3.8, 4) is 11.5 Å². The number of carbonyl (C=O) groups is 1. The van der Waals surface area contributed by atoms with Crippen LogP contribution in [-0.4, -0.2) is 23.9 Å². The lowest BCUT2D eigenvalue weighted by Gasteiger charge is -2.14. The quantitative estimate of drug-likeness (QED) is 0.290. The van der Waals surface area contributed by atoms with E-state index in [0.29, 0.717) is 33.0 Å². The zero-order valence-electron chi connectivity index (χ0n) is 15.9. The van der Waals surface area contributed by atoms with Crippen LogP contribution < -0.4 is 14.4 Å². The van der Waals surface area contributed by atoms with E-state index in [1.807, 2.05) is 18.2 Å². The van der Waals surface area contributed by atoms with Crippen molar-refractivity contribution < 1.29 is 18.7 Å². The molecule has 3 rings (SSSR count). The van der Waals surface area contributed by atoms with Gasteiger partial charge >= 0.3 is 0 Å². The van der Waals surface area contributed by atoms with Crippen LogP contribution in [-0.2, 0) is 4.79 Å². The van der Waals surface area contributed by atoms with Crippen LogP contribution in [0.15, 0.2) is 41.3 Å². The molecule has 0 saturated carbocycles. The maximum Gasteiger partial charge on any atom is 0.270 e. The highest BCUT2D eigenvalue weighted by atomic mass is 35.5. The van der Waals surface area contributed by atoms with Gasteiger partial charge < -0.3 is 9.47 Å². The summed E-state index contributed by atoms with van der Waals surface area (Å²) < 4.78 is 24.9. The number of nitrogens with zero attached hydrogens (tertiary/aromatic N) is 1. The minimum Gasteiger partial charge on any atom is -0.493 e. The number of carbonyl (C=O) groups excluding carboxylic acids is 1. The Kier molecular flexibility index (Phi) is 7.16. The molecule has 1 saturated heterocycles. The molecule has 1 fully saturated rings. The predicted molar refractivity (Wildman–Crippen MR) is 120 cm³/mol. The fraction of sp³-hybridized carbons (Fsp3) is 0.238. The molecule has 0 N–H and O–H groups in total. The third-order valence-electron chi connectivity index (χ3n) is 4.20. The second-order valence-electron chi connectivity index (χ2n) is 6.23. The summed E-state index contributed by atoms with van der Waals surface area (Å²) in [5.74, 6) is 0.414. The Morgan fingerprint density at radius 1 is 1.24 bits per heavy atom. The number of benzene rings is 2. The van der Waals surface area contributed by atoms with Gasteiger partial charge in [0.1, 0.15) is 5.82 Å². The fourth-order valence-electron chi connectivity index (χ4n) is 2.69. The number of anilines is 1. The molecule has 0 aromatic heterocycles. The molecular formula is C21H19ClFNO3S2. The van der Waals surface area contributed by atoms with E-state index >= 15 is 0 Å². The van der Waals surface area contributed by atoms with Gasteiger partial charge in [0, 0.05) is 0 Å². The fourth-order valence-corrected chi connectivity index (χ4v) is 4.16. The number of unbranched alkanes of at least 4 members (excludes halogenated alkanes) is 1. The number of ether oxygens (including phenoxy) is 2. The molecule has 1 aliphatic heterocycles. The summed E-state index contributed by atoms with van der Waals surface area (Å²) in [6.07, 6.45) is 3.74. The highest BCUT2D eigenvalue weighted by Gasteiger charge is 2.33. The highest BCUT2D eigenvalue weighted by Crippen LogP contribution is 2.38. The van der Waals surface area contributed by atoms with E-state index in [9.17, 15) is 9.18 Å². The third-order valence-corrected chi connectivity index (χ3v) is 5.79. The minimum absolute atomic E-state index is 0.0658. The third kappa shape index (κ3) is 4.91. The van der Waals surface area contributed by atoms with Gasteiger partial charge in [0.25, 0.3) is 5.91 Å². The maximum absolute atomic E-state index is 13.4. The molecule has 0 bridgehead atoms. The van der Waals surface area contributed by atoms with Gasteiger partial charge in [0.15, 0.2) is 15.8 Å². The van der Waals surface area contributed by atoms with Gasteiger partial charge in [0.2, 0.25) is 0 Å². The van der Waals surface area contributed by atoms with Crippen molar-refractivity contribution in [3.63, 3.8) is 0 Å². The lowest BCUT2D eigenvalue weighted by Crippen LogP contribution is -2.27. The summed E-state index contributed by atoms with van der Waals surface area (Å²) in [5.41, 5.74) is 1.21. The first-order valence-corrected chi connectivity index (χ1v) is 10.6. The lowest BCUT2D eigenvalue weighted by atomic mass is 10.1. The van der Waals surface area contributed by atoms with Crippen molar-refractivity contribution in [1.82, 2.24) is 0 Å². The van der Waals surface area contributed by atoms with Crippen molar-refractivity contribution in [2.75, 3.05) is 18.6 Å². The molecule has 0 unspecified atom stereocenters. The first-order chi connectivity index (χ1) is 13.9. The number of thiocarbonyl (C=S) groups is 1. The number of hydrogen-bond acceptors (Lipinski definition) is 5. The van der Waals surface area contributed by atoms with Crippen molar-refractivity contribution in [2.24, 2.45) is 0 Å². The molecule has 1 amide bonds. The Hall–Kier alpha value is -2.09. The van der Waals surface area contributed by atoms with Crippen LogP contribution in [0.25, 0.3) is 6.08 Å².